The summed E-state index contributed by atoms with van der Waals surface area (Å²) in [4.78, 5) is 37.8. The fraction of sp³-hybridized carbons (Fsp3) is 0.701. The number of nitrogens with zero attached hydrogens (tertiary/aromatic N) is 1. The molecule has 0 fully saturated rings. The predicted molar refractivity (Wildman–Crippen MR) is 328 cm³/mol. The average Bonchev–Trinajstić information content (AvgIpc) is 3.39. The van der Waals surface area contributed by atoms with Crippen LogP contribution in [-0.4, -0.2) is 70.0 Å². The molecule has 2 atom stereocenters. The summed E-state index contributed by atoms with van der Waals surface area (Å²) in [5.74, 6) is -0.835. The van der Waals surface area contributed by atoms with E-state index in [9.17, 15) is 19.0 Å². The smallest absolute Gasteiger partial charge is 0.306 e. The van der Waals surface area contributed by atoms with Crippen LogP contribution in [0, 0.1) is 0 Å². The number of ether oxygens (including phenoxy) is 2. The first kappa shape index (κ1) is 73.7. The van der Waals surface area contributed by atoms with E-state index in [0.717, 1.165) is 103 Å². The van der Waals surface area contributed by atoms with Gasteiger partial charge in [-0.3, -0.25) is 14.2 Å². The number of quaternary nitrogens is 1. The zero-order valence-electron chi connectivity index (χ0n) is 50.1. The molecule has 0 N–H and O–H groups in total. The summed E-state index contributed by atoms with van der Waals surface area (Å²) >= 11 is 0. The normalized spacial score (nSPS) is 14.0. The molecule has 0 radical (unpaired) electrons. The van der Waals surface area contributed by atoms with Gasteiger partial charge in [0.1, 0.15) is 19.8 Å². The van der Waals surface area contributed by atoms with Gasteiger partial charge in [0.05, 0.1) is 27.7 Å². The van der Waals surface area contributed by atoms with Gasteiger partial charge in [0, 0.05) is 12.8 Å². The lowest BCUT2D eigenvalue weighted by atomic mass is 10.0. The molecule has 0 rings (SSSR count). The summed E-state index contributed by atoms with van der Waals surface area (Å²) in [7, 11) is 1.16. The van der Waals surface area contributed by atoms with Crippen LogP contribution in [0.4, 0.5) is 0 Å². The molecule has 0 spiro atoms. The Morgan fingerprint density at radius 1 is 0.416 bits per heavy atom. The molecule has 0 amide bonds. The molecule has 0 aromatic rings. The molecule has 0 saturated carbocycles. The number of esters is 2. The van der Waals surface area contributed by atoms with Gasteiger partial charge in [-0.25, -0.2) is 0 Å². The first-order valence-electron chi connectivity index (χ1n) is 31.1. The Balaban J connectivity index is 4.06. The predicted octanol–water partition coefficient (Wildman–Crippen LogP) is 19.1. The average molecular weight is 1090 g/mol. The van der Waals surface area contributed by atoms with E-state index in [1.807, 2.05) is 21.1 Å². The molecule has 0 aliphatic carbocycles. The monoisotopic (exact) mass is 1090 g/mol. The minimum atomic E-state index is -4.64. The third kappa shape index (κ3) is 61.7. The number of likely N-dealkylation sites (N-methyl/N-ethyl adjacent to an activating group) is 1. The standard InChI is InChI=1S/C67H116NO8P/c1-6-8-10-12-14-16-18-20-22-23-24-25-26-27-28-29-30-31-32-33-34-35-36-37-38-39-40-41-42-43-44-45-46-48-50-52-54-56-58-60-67(70)76-65(64-75-77(71,72)74-62-61-68(3,4)5)63-73-66(69)59-57-55-53-51-49-47-21-19-17-15-13-11-9-7-2/h8,10,14,16,20,22,24-25,27-28,30-31,33-34,36-37,39-40,65H,6-7,9,11-13,15,17-19,21,23,26,29,32,35,38,41-64H2,1-5H3/b10-8-,16-14-,22-20-,25-24-,28-27-,31-30-,34-33-,37-36-,40-39-. The number of carbonyl (C=O) groups is 2. The summed E-state index contributed by atoms with van der Waals surface area (Å²) < 4.78 is 34.1. The number of rotatable bonds is 56. The second-order valence-electron chi connectivity index (χ2n) is 21.7. The molecule has 9 nitrogen and oxygen atoms in total. The molecule has 442 valence electrons. The molecule has 0 heterocycles. The quantitative estimate of drug-likeness (QED) is 0.0195. The number of allylic oxidation sites excluding steroid dienone is 18. The van der Waals surface area contributed by atoms with Crippen LogP contribution >= 0.6 is 7.82 Å². The lowest BCUT2D eigenvalue weighted by Crippen LogP contribution is -2.37. The first-order chi connectivity index (χ1) is 37.5. The summed E-state index contributed by atoms with van der Waals surface area (Å²) in [6, 6.07) is 0. The van der Waals surface area contributed by atoms with Gasteiger partial charge in [-0.15, -0.1) is 0 Å². The minimum Gasteiger partial charge on any atom is -0.756 e. The molecule has 10 heteroatoms. The van der Waals surface area contributed by atoms with Gasteiger partial charge in [-0.05, 0) is 83.5 Å². The summed E-state index contributed by atoms with van der Waals surface area (Å²) in [5, 5.41) is 0. The molecule has 77 heavy (non-hydrogen) atoms. The second kappa shape index (κ2) is 57.4. The van der Waals surface area contributed by atoms with Gasteiger partial charge in [0.25, 0.3) is 7.82 Å². The largest absolute Gasteiger partial charge is 0.756 e. The number of hydrogen-bond donors (Lipinski definition) is 0. The highest BCUT2D eigenvalue weighted by molar-refractivity contribution is 7.45. The number of phosphoric ester groups is 1. The summed E-state index contributed by atoms with van der Waals surface area (Å²) in [6.45, 7) is 4.13. The second-order valence-corrected chi connectivity index (χ2v) is 23.1. The fourth-order valence-electron chi connectivity index (χ4n) is 8.30. The van der Waals surface area contributed by atoms with Crippen molar-refractivity contribution in [1.82, 2.24) is 0 Å². The van der Waals surface area contributed by atoms with Crippen molar-refractivity contribution in [2.24, 2.45) is 0 Å². The van der Waals surface area contributed by atoms with Crippen molar-refractivity contribution in [2.45, 2.75) is 258 Å². The number of carbonyl (C=O) groups excluding carboxylic acids is 2. The van der Waals surface area contributed by atoms with Crippen LogP contribution in [0.3, 0.4) is 0 Å². The third-order valence-corrected chi connectivity index (χ3v) is 14.0. The summed E-state index contributed by atoms with van der Waals surface area (Å²) in [5.41, 5.74) is 0. The van der Waals surface area contributed by atoms with Crippen LogP contribution in [-0.2, 0) is 32.7 Å². The number of hydrogen-bond acceptors (Lipinski definition) is 8. The Kier molecular flexibility index (Phi) is 54.9. The molecule has 0 aliphatic rings. The highest BCUT2D eigenvalue weighted by Crippen LogP contribution is 2.38. The van der Waals surface area contributed by atoms with Crippen molar-refractivity contribution in [3.63, 3.8) is 0 Å². The van der Waals surface area contributed by atoms with E-state index in [-0.39, 0.29) is 32.0 Å². The number of phosphoric acid groups is 1. The molecule has 2 unspecified atom stereocenters. The van der Waals surface area contributed by atoms with Crippen molar-refractivity contribution >= 4 is 19.8 Å². The molecule has 0 saturated heterocycles. The maximum absolute atomic E-state index is 12.8. The highest BCUT2D eigenvalue weighted by Gasteiger charge is 2.22. The van der Waals surface area contributed by atoms with E-state index < -0.39 is 26.5 Å². The van der Waals surface area contributed by atoms with E-state index in [2.05, 4.69) is 123 Å². The van der Waals surface area contributed by atoms with Crippen molar-refractivity contribution in [3.8, 4) is 0 Å². The van der Waals surface area contributed by atoms with E-state index in [0.29, 0.717) is 17.4 Å². The molecular formula is C67H116NO8P. The lowest BCUT2D eigenvalue weighted by Gasteiger charge is -2.28. The van der Waals surface area contributed by atoms with Gasteiger partial charge in [-0.1, -0.05) is 264 Å². The van der Waals surface area contributed by atoms with Gasteiger partial charge >= 0.3 is 11.9 Å². The van der Waals surface area contributed by atoms with Gasteiger partial charge in [-0.2, -0.15) is 0 Å². The minimum absolute atomic E-state index is 0.0340. The third-order valence-electron chi connectivity index (χ3n) is 13.1. The van der Waals surface area contributed by atoms with Crippen molar-refractivity contribution in [1.29, 1.82) is 0 Å². The Morgan fingerprint density at radius 3 is 1.10 bits per heavy atom. The number of unbranched alkanes of at least 4 members (excludes halogenated alkanes) is 24. The topological polar surface area (TPSA) is 111 Å². The van der Waals surface area contributed by atoms with Crippen LogP contribution in [0.2, 0.25) is 0 Å². The van der Waals surface area contributed by atoms with Crippen LogP contribution < -0.4 is 4.89 Å². The Hall–Kier alpha value is -3.33. The van der Waals surface area contributed by atoms with E-state index in [1.165, 1.54) is 116 Å². The van der Waals surface area contributed by atoms with Crippen LogP contribution in [0.1, 0.15) is 251 Å². The van der Waals surface area contributed by atoms with E-state index in [4.69, 9.17) is 18.5 Å². The van der Waals surface area contributed by atoms with Crippen molar-refractivity contribution in [2.75, 3.05) is 47.5 Å². The Labute approximate surface area is 474 Å². The maximum atomic E-state index is 12.8. The molecule has 0 aromatic carbocycles. The van der Waals surface area contributed by atoms with Crippen LogP contribution in [0.15, 0.2) is 109 Å². The Morgan fingerprint density at radius 2 is 0.740 bits per heavy atom. The molecule has 0 aromatic heterocycles. The first-order valence-corrected chi connectivity index (χ1v) is 32.6. The summed E-state index contributed by atoms with van der Waals surface area (Å²) in [6.07, 6.45) is 80.0. The van der Waals surface area contributed by atoms with Crippen LogP contribution in [0.5, 0.6) is 0 Å². The highest BCUT2D eigenvalue weighted by atomic mass is 31.2. The molecule has 0 bridgehead atoms. The van der Waals surface area contributed by atoms with Crippen molar-refractivity contribution < 1.29 is 42.1 Å². The van der Waals surface area contributed by atoms with E-state index in [1.54, 1.807) is 0 Å². The zero-order chi connectivity index (χ0) is 56.3. The van der Waals surface area contributed by atoms with Crippen LogP contribution in [0.25, 0.3) is 0 Å². The van der Waals surface area contributed by atoms with Gasteiger partial charge in [0.15, 0.2) is 6.10 Å². The maximum Gasteiger partial charge on any atom is 0.306 e. The fourth-order valence-corrected chi connectivity index (χ4v) is 9.02. The van der Waals surface area contributed by atoms with Crippen molar-refractivity contribution in [3.05, 3.63) is 109 Å². The molecular weight excluding hydrogens is 978 g/mol. The van der Waals surface area contributed by atoms with Gasteiger partial charge in [0.2, 0.25) is 0 Å². The Bertz CT molecular complexity index is 1670. The molecule has 0 aliphatic heterocycles. The van der Waals surface area contributed by atoms with Gasteiger partial charge < -0.3 is 27.9 Å². The SMILES string of the molecule is CC/C=C\C/C=C\C/C=C\C/C=C\C/C=C\C/C=C\C/C=C\C/C=C\C/C=C\CCCCCCCCCCCCCC(=O)OC(COC(=O)CCCCCCCCCCCCCCCC)COP(=O)([O-])OCC[N+](C)(C)C. The zero-order valence-corrected chi connectivity index (χ0v) is 51.0. The van der Waals surface area contributed by atoms with E-state index >= 15 is 0 Å². The lowest BCUT2D eigenvalue weighted by molar-refractivity contribution is -0.870.